The molecule has 0 aromatic heterocycles. The van der Waals surface area contributed by atoms with Crippen molar-refractivity contribution < 1.29 is 14.4 Å². The average Bonchev–Trinajstić information content (AvgIpc) is 3.06. The van der Waals surface area contributed by atoms with Gasteiger partial charge in [0, 0.05) is 42.7 Å². The van der Waals surface area contributed by atoms with Crippen LogP contribution in [0.15, 0.2) is 24.3 Å². The molecule has 0 saturated carbocycles. The second-order valence-corrected chi connectivity index (χ2v) is 9.48. The number of benzene rings is 1. The Morgan fingerprint density at radius 2 is 1.76 bits per heavy atom. The SMILES string of the molecule is CC(C)(C)N1CC(C(=O)NC2CCN(C(=O)Cc3ccc(Cl)cc3)CC2)CC1=O. The van der Waals surface area contributed by atoms with E-state index in [-0.39, 0.29) is 41.6 Å². The molecule has 158 valence electrons. The predicted molar refractivity (Wildman–Crippen MR) is 112 cm³/mol. The van der Waals surface area contributed by atoms with Gasteiger partial charge in [0.1, 0.15) is 0 Å². The highest BCUT2D eigenvalue weighted by atomic mass is 35.5. The summed E-state index contributed by atoms with van der Waals surface area (Å²) in [6, 6.07) is 7.38. The fourth-order valence-electron chi connectivity index (χ4n) is 4.01. The quantitative estimate of drug-likeness (QED) is 0.815. The van der Waals surface area contributed by atoms with Crippen LogP contribution in [0, 0.1) is 5.92 Å². The number of hydrogen-bond donors (Lipinski definition) is 1. The maximum Gasteiger partial charge on any atom is 0.226 e. The first-order valence-corrected chi connectivity index (χ1v) is 10.6. The zero-order chi connectivity index (χ0) is 21.2. The van der Waals surface area contributed by atoms with E-state index in [1.54, 1.807) is 17.0 Å². The van der Waals surface area contributed by atoms with Gasteiger partial charge >= 0.3 is 0 Å². The molecule has 6 nitrogen and oxygen atoms in total. The lowest BCUT2D eigenvalue weighted by atomic mass is 10.0. The fraction of sp³-hybridized carbons (Fsp3) is 0.591. The Morgan fingerprint density at radius 1 is 1.14 bits per heavy atom. The van der Waals surface area contributed by atoms with Gasteiger partial charge in [0.05, 0.1) is 12.3 Å². The van der Waals surface area contributed by atoms with Gasteiger partial charge in [-0.15, -0.1) is 0 Å². The molecule has 1 aromatic carbocycles. The molecule has 2 aliphatic heterocycles. The van der Waals surface area contributed by atoms with Crippen molar-refractivity contribution in [2.45, 2.75) is 58.0 Å². The predicted octanol–water partition coefficient (Wildman–Crippen LogP) is 2.64. The molecule has 1 unspecified atom stereocenters. The molecular formula is C22H30ClN3O3. The van der Waals surface area contributed by atoms with Gasteiger partial charge in [-0.1, -0.05) is 23.7 Å². The minimum absolute atomic E-state index is 0.0419. The van der Waals surface area contributed by atoms with Crippen molar-refractivity contribution in [1.29, 1.82) is 0 Å². The first kappa shape index (κ1) is 21.6. The average molecular weight is 420 g/mol. The van der Waals surface area contributed by atoms with E-state index >= 15 is 0 Å². The van der Waals surface area contributed by atoms with Gasteiger partial charge in [-0.25, -0.2) is 0 Å². The van der Waals surface area contributed by atoms with Crippen molar-refractivity contribution in [3.8, 4) is 0 Å². The number of hydrogen-bond acceptors (Lipinski definition) is 3. The van der Waals surface area contributed by atoms with Crippen molar-refractivity contribution in [2.75, 3.05) is 19.6 Å². The van der Waals surface area contributed by atoms with E-state index in [1.165, 1.54) is 0 Å². The first-order chi connectivity index (χ1) is 13.6. The summed E-state index contributed by atoms with van der Waals surface area (Å²) in [5.41, 5.74) is 0.686. The molecule has 1 aromatic rings. The van der Waals surface area contributed by atoms with Crippen LogP contribution in [-0.2, 0) is 20.8 Å². The summed E-state index contributed by atoms with van der Waals surface area (Å²) in [4.78, 5) is 41.0. The third kappa shape index (κ3) is 5.50. The zero-order valence-electron chi connectivity index (χ0n) is 17.4. The van der Waals surface area contributed by atoms with E-state index in [1.807, 2.05) is 37.8 Å². The second kappa shape index (κ2) is 8.74. The summed E-state index contributed by atoms with van der Waals surface area (Å²) >= 11 is 5.89. The van der Waals surface area contributed by atoms with Crippen molar-refractivity contribution in [3.63, 3.8) is 0 Å². The fourth-order valence-corrected chi connectivity index (χ4v) is 4.14. The summed E-state index contributed by atoms with van der Waals surface area (Å²) in [7, 11) is 0. The standard InChI is InChI=1S/C22H30ClN3O3/c1-22(2,3)26-14-16(13-20(26)28)21(29)24-18-8-10-25(11-9-18)19(27)12-15-4-6-17(23)7-5-15/h4-7,16,18H,8-14H2,1-3H3,(H,24,29). The Morgan fingerprint density at radius 3 is 2.31 bits per heavy atom. The van der Waals surface area contributed by atoms with E-state index in [0.29, 0.717) is 31.1 Å². The lowest BCUT2D eigenvalue weighted by molar-refractivity contribution is -0.133. The Hall–Kier alpha value is -2.08. The Kier molecular flexibility index (Phi) is 6.52. The highest BCUT2D eigenvalue weighted by molar-refractivity contribution is 6.30. The van der Waals surface area contributed by atoms with Gasteiger partial charge in [-0.3, -0.25) is 14.4 Å². The van der Waals surface area contributed by atoms with Crippen molar-refractivity contribution in [2.24, 2.45) is 5.92 Å². The minimum Gasteiger partial charge on any atom is -0.353 e. The molecule has 2 fully saturated rings. The van der Waals surface area contributed by atoms with Crippen LogP contribution in [0.2, 0.25) is 5.02 Å². The molecule has 7 heteroatoms. The molecule has 0 spiro atoms. The Balaban J connectivity index is 1.45. The molecular weight excluding hydrogens is 390 g/mol. The Labute approximate surface area is 177 Å². The van der Waals surface area contributed by atoms with Crippen LogP contribution < -0.4 is 5.32 Å². The summed E-state index contributed by atoms with van der Waals surface area (Å²) in [5, 5.41) is 3.76. The van der Waals surface area contributed by atoms with Crippen molar-refractivity contribution in [3.05, 3.63) is 34.9 Å². The largest absolute Gasteiger partial charge is 0.353 e. The number of amides is 3. The van der Waals surface area contributed by atoms with E-state index in [4.69, 9.17) is 11.6 Å². The maximum absolute atomic E-state index is 12.6. The third-order valence-electron chi connectivity index (χ3n) is 5.77. The van der Waals surface area contributed by atoms with E-state index in [9.17, 15) is 14.4 Å². The van der Waals surface area contributed by atoms with E-state index < -0.39 is 0 Å². The van der Waals surface area contributed by atoms with Gasteiger partial charge in [-0.05, 0) is 51.3 Å². The zero-order valence-corrected chi connectivity index (χ0v) is 18.2. The van der Waals surface area contributed by atoms with Crippen LogP contribution in [0.5, 0.6) is 0 Å². The summed E-state index contributed by atoms with van der Waals surface area (Å²) < 4.78 is 0. The van der Waals surface area contributed by atoms with Crippen molar-refractivity contribution in [1.82, 2.24) is 15.1 Å². The molecule has 2 aliphatic rings. The molecule has 1 atom stereocenters. The highest BCUT2D eigenvalue weighted by Crippen LogP contribution is 2.26. The molecule has 1 N–H and O–H groups in total. The highest BCUT2D eigenvalue weighted by Gasteiger charge is 2.40. The van der Waals surface area contributed by atoms with Gasteiger partial charge < -0.3 is 15.1 Å². The lowest BCUT2D eigenvalue weighted by Crippen LogP contribution is -2.48. The molecule has 29 heavy (non-hydrogen) atoms. The van der Waals surface area contributed by atoms with E-state index in [0.717, 1.165) is 18.4 Å². The second-order valence-electron chi connectivity index (χ2n) is 9.04. The van der Waals surface area contributed by atoms with Crippen LogP contribution in [0.3, 0.4) is 0 Å². The van der Waals surface area contributed by atoms with Crippen LogP contribution in [0.1, 0.15) is 45.6 Å². The number of carbonyl (C=O) groups is 3. The maximum atomic E-state index is 12.6. The number of halogens is 1. The van der Waals surface area contributed by atoms with Crippen LogP contribution in [-0.4, -0.2) is 58.7 Å². The molecule has 2 saturated heterocycles. The first-order valence-electron chi connectivity index (χ1n) is 10.3. The molecule has 2 heterocycles. The van der Waals surface area contributed by atoms with Crippen LogP contribution >= 0.6 is 11.6 Å². The number of nitrogens with one attached hydrogen (secondary N) is 1. The lowest BCUT2D eigenvalue weighted by Gasteiger charge is -2.33. The number of carbonyl (C=O) groups excluding carboxylic acids is 3. The third-order valence-corrected chi connectivity index (χ3v) is 6.02. The molecule has 3 rings (SSSR count). The van der Waals surface area contributed by atoms with Gasteiger partial charge in [0.2, 0.25) is 17.7 Å². The monoisotopic (exact) mass is 419 g/mol. The normalized spacial score (nSPS) is 20.8. The van der Waals surface area contributed by atoms with Gasteiger partial charge in [0.25, 0.3) is 0 Å². The number of nitrogens with zero attached hydrogens (tertiary/aromatic N) is 2. The van der Waals surface area contributed by atoms with Gasteiger partial charge in [-0.2, -0.15) is 0 Å². The summed E-state index contributed by atoms with van der Waals surface area (Å²) in [6.45, 7) is 7.71. The Bertz CT molecular complexity index is 765. The summed E-state index contributed by atoms with van der Waals surface area (Å²) in [5.74, 6) is -0.193. The number of piperidine rings is 1. The minimum atomic E-state index is -0.286. The summed E-state index contributed by atoms with van der Waals surface area (Å²) in [6.07, 6.45) is 2.12. The van der Waals surface area contributed by atoms with Gasteiger partial charge in [0.15, 0.2) is 0 Å². The van der Waals surface area contributed by atoms with Crippen molar-refractivity contribution >= 4 is 29.3 Å². The number of likely N-dealkylation sites (tertiary alicyclic amines) is 2. The smallest absolute Gasteiger partial charge is 0.226 e. The molecule has 0 radical (unpaired) electrons. The molecule has 0 aliphatic carbocycles. The molecule has 0 bridgehead atoms. The molecule has 3 amide bonds. The van der Waals surface area contributed by atoms with E-state index in [2.05, 4.69) is 5.32 Å². The van der Waals surface area contributed by atoms with Crippen LogP contribution in [0.4, 0.5) is 0 Å². The topological polar surface area (TPSA) is 69.7 Å². The van der Waals surface area contributed by atoms with Crippen LogP contribution in [0.25, 0.3) is 0 Å². The number of rotatable bonds is 4.